The molecular formula is C12H14ClN3OS. The molecule has 1 fully saturated rings. The summed E-state index contributed by atoms with van der Waals surface area (Å²) in [6.45, 7) is 0.225. The van der Waals surface area contributed by atoms with Crippen LogP contribution < -0.4 is 5.32 Å². The van der Waals surface area contributed by atoms with Crippen LogP contribution >= 0.6 is 22.9 Å². The van der Waals surface area contributed by atoms with Gasteiger partial charge in [0, 0.05) is 18.6 Å². The van der Waals surface area contributed by atoms with Crippen LogP contribution in [0.4, 0.5) is 5.82 Å². The molecule has 96 valence electrons. The number of aliphatic hydroxyl groups is 1. The molecule has 2 atom stereocenters. The van der Waals surface area contributed by atoms with Crippen LogP contribution in [0, 0.1) is 5.92 Å². The molecule has 4 nitrogen and oxygen atoms in total. The normalized spacial score (nSPS) is 23.7. The number of nitrogens with zero attached hydrogens (tertiary/aromatic N) is 2. The van der Waals surface area contributed by atoms with Crippen LogP contribution in [0.1, 0.15) is 19.3 Å². The third-order valence-corrected chi connectivity index (χ3v) is 4.49. The summed E-state index contributed by atoms with van der Waals surface area (Å²) in [4.78, 5) is 9.37. The Bertz CT molecular complexity index is 559. The number of rotatable bonds is 3. The Morgan fingerprint density at radius 2 is 2.33 bits per heavy atom. The zero-order chi connectivity index (χ0) is 12.5. The molecular weight excluding hydrogens is 270 g/mol. The summed E-state index contributed by atoms with van der Waals surface area (Å²) >= 11 is 7.49. The van der Waals surface area contributed by atoms with Crippen molar-refractivity contribution in [3.8, 4) is 0 Å². The fraction of sp³-hybridized carbons (Fsp3) is 0.500. The van der Waals surface area contributed by atoms with Gasteiger partial charge in [0.2, 0.25) is 5.28 Å². The number of hydrogen-bond acceptors (Lipinski definition) is 5. The second-order valence-corrected chi connectivity index (χ2v) is 5.84. The molecule has 0 aliphatic heterocycles. The van der Waals surface area contributed by atoms with Crippen molar-refractivity contribution in [1.29, 1.82) is 0 Å². The molecule has 2 aromatic heterocycles. The first-order valence-corrected chi connectivity index (χ1v) is 7.32. The molecule has 0 bridgehead atoms. The van der Waals surface area contributed by atoms with Crippen molar-refractivity contribution in [2.45, 2.75) is 25.3 Å². The van der Waals surface area contributed by atoms with Gasteiger partial charge in [-0.1, -0.05) is 6.42 Å². The van der Waals surface area contributed by atoms with E-state index in [-0.39, 0.29) is 17.9 Å². The van der Waals surface area contributed by atoms with Gasteiger partial charge in [0.05, 0.1) is 5.39 Å². The maximum Gasteiger partial charge on any atom is 0.225 e. The Morgan fingerprint density at radius 3 is 3.17 bits per heavy atom. The highest BCUT2D eigenvalue weighted by Crippen LogP contribution is 2.31. The van der Waals surface area contributed by atoms with Gasteiger partial charge in [-0.15, -0.1) is 11.3 Å². The highest BCUT2D eigenvalue weighted by atomic mass is 35.5. The van der Waals surface area contributed by atoms with E-state index in [1.165, 1.54) is 0 Å². The quantitative estimate of drug-likeness (QED) is 0.851. The van der Waals surface area contributed by atoms with Crippen molar-refractivity contribution < 1.29 is 5.11 Å². The van der Waals surface area contributed by atoms with Crippen molar-refractivity contribution in [2.24, 2.45) is 5.92 Å². The summed E-state index contributed by atoms with van der Waals surface area (Å²) in [7, 11) is 0. The van der Waals surface area contributed by atoms with Gasteiger partial charge in [-0.25, -0.2) is 9.97 Å². The molecule has 18 heavy (non-hydrogen) atoms. The molecule has 0 aromatic carbocycles. The van der Waals surface area contributed by atoms with Gasteiger partial charge in [-0.05, 0) is 35.9 Å². The zero-order valence-corrected chi connectivity index (χ0v) is 11.3. The van der Waals surface area contributed by atoms with Crippen LogP contribution in [0.25, 0.3) is 10.2 Å². The summed E-state index contributed by atoms with van der Waals surface area (Å²) in [5.74, 6) is 1.10. The molecule has 6 heteroatoms. The van der Waals surface area contributed by atoms with E-state index in [0.29, 0.717) is 5.92 Å². The van der Waals surface area contributed by atoms with Gasteiger partial charge < -0.3 is 10.4 Å². The van der Waals surface area contributed by atoms with Crippen LogP contribution in [0.5, 0.6) is 0 Å². The van der Waals surface area contributed by atoms with Gasteiger partial charge in [-0.3, -0.25) is 0 Å². The lowest BCUT2D eigenvalue weighted by molar-refractivity contribution is 0.222. The van der Waals surface area contributed by atoms with E-state index in [2.05, 4.69) is 15.3 Å². The van der Waals surface area contributed by atoms with E-state index in [1.54, 1.807) is 11.3 Å². The van der Waals surface area contributed by atoms with E-state index in [1.807, 2.05) is 11.4 Å². The van der Waals surface area contributed by atoms with Gasteiger partial charge in [0.1, 0.15) is 10.6 Å². The molecule has 3 rings (SSSR count). The molecule has 0 saturated heterocycles. The summed E-state index contributed by atoms with van der Waals surface area (Å²) in [5, 5.41) is 16.0. The first-order valence-electron chi connectivity index (χ1n) is 6.06. The molecule has 1 saturated carbocycles. The highest BCUT2D eigenvalue weighted by Gasteiger charge is 2.27. The Morgan fingerprint density at radius 1 is 1.44 bits per heavy atom. The minimum absolute atomic E-state index is 0.225. The van der Waals surface area contributed by atoms with Gasteiger partial charge in [-0.2, -0.15) is 0 Å². The minimum atomic E-state index is 0.225. The molecule has 1 aliphatic rings. The summed E-state index contributed by atoms with van der Waals surface area (Å²) < 4.78 is 0. The van der Waals surface area contributed by atoms with Crippen LogP contribution in [0.15, 0.2) is 11.4 Å². The van der Waals surface area contributed by atoms with E-state index in [9.17, 15) is 5.11 Å². The molecule has 2 heterocycles. The maximum absolute atomic E-state index is 9.35. The monoisotopic (exact) mass is 283 g/mol. The first kappa shape index (κ1) is 12.1. The Kier molecular flexibility index (Phi) is 3.37. The predicted molar refractivity (Wildman–Crippen MR) is 74.3 cm³/mol. The second-order valence-electron chi connectivity index (χ2n) is 4.61. The number of aromatic nitrogens is 2. The Labute approximate surface area is 114 Å². The van der Waals surface area contributed by atoms with E-state index in [4.69, 9.17) is 11.6 Å². The highest BCUT2D eigenvalue weighted by molar-refractivity contribution is 7.16. The minimum Gasteiger partial charge on any atom is -0.396 e. The van der Waals surface area contributed by atoms with Crippen molar-refractivity contribution >= 4 is 39.0 Å². The topological polar surface area (TPSA) is 58.0 Å². The molecule has 2 N–H and O–H groups in total. The van der Waals surface area contributed by atoms with Crippen molar-refractivity contribution in [3.63, 3.8) is 0 Å². The maximum atomic E-state index is 9.35. The molecule has 1 aliphatic carbocycles. The van der Waals surface area contributed by atoms with Crippen LogP contribution in [-0.4, -0.2) is 27.7 Å². The summed E-state index contributed by atoms with van der Waals surface area (Å²) in [6.07, 6.45) is 3.28. The number of anilines is 1. The smallest absolute Gasteiger partial charge is 0.225 e. The lowest BCUT2D eigenvalue weighted by Gasteiger charge is -2.20. The number of fused-ring (bicyclic) bond motifs is 1. The van der Waals surface area contributed by atoms with E-state index in [0.717, 1.165) is 35.3 Å². The largest absolute Gasteiger partial charge is 0.396 e. The van der Waals surface area contributed by atoms with Gasteiger partial charge in [0.25, 0.3) is 0 Å². The average Bonchev–Trinajstić information content (AvgIpc) is 2.96. The second kappa shape index (κ2) is 4.99. The Hall–Kier alpha value is -0.910. The molecule has 0 amide bonds. The van der Waals surface area contributed by atoms with Crippen LogP contribution in [0.2, 0.25) is 5.28 Å². The molecule has 2 aromatic rings. The first-order chi connectivity index (χ1) is 8.78. The fourth-order valence-electron chi connectivity index (χ4n) is 2.56. The number of hydrogen-bond donors (Lipinski definition) is 2. The van der Waals surface area contributed by atoms with Crippen molar-refractivity contribution in [2.75, 3.05) is 11.9 Å². The molecule has 0 radical (unpaired) electrons. The van der Waals surface area contributed by atoms with Crippen molar-refractivity contribution in [1.82, 2.24) is 9.97 Å². The third kappa shape index (κ3) is 2.18. The summed E-state index contributed by atoms with van der Waals surface area (Å²) in [5.41, 5.74) is 0. The molecule has 0 spiro atoms. The number of thiophene rings is 1. The standard InChI is InChI=1S/C12H14ClN3OS/c13-12-15-10(8-4-5-18-11(8)16-12)14-9-3-1-2-7(9)6-17/h4-5,7,9,17H,1-3,6H2,(H,14,15,16). The molecule has 2 unspecified atom stereocenters. The van der Waals surface area contributed by atoms with E-state index < -0.39 is 0 Å². The summed E-state index contributed by atoms with van der Waals surface area (Å²) in [6, 6.07) is 2.28. The third-order valence-electron chi connectivity index (χ3n) is 3.51. The van der Waals surface area contributed by atoms with Crippen LogP contribution in [0.3, 0.4) is 0 Å². The lowest BCUT2D eigenvalue weighted by atomic mass is 10.1. The van der Waals surface area contributed by atoms with E-state index >= 15 is 0 Å². The van der Waals surface area contributed by atoms with Crippen molar-refractivity contribution in [3.05, 3.63) is 16.7 Å². The lowest BCUT2D eigenvalue weighted by Crippen LogP contribution is -2.26. The number of nitrogens with one attached hydrogen (secondary N) is 1. The predicted octanol–water partition coefficient (Wildman–Crippen LogP) is 2.92. The zero-order valence-electron chi connectivity index (χ0n) is 9.77. The Balaban J connectivity index is 1.92. The number of aliphatic hydroxyl groups excluding tert-OH is 1. The average molecular weight is 284 g/mol. The van der Waals surface area contributed by atoms with Crippen LogP contribution in [-0.2, 0) is 0 Å². The van der Waals surface area contributed by atoms with Gasteiger partial charge >= 0.3 is 0 Å². The number of halogens is 1. The SMILES string of the molecule is OCC1CCCC1Nc1nc(Cl)nc2sccc12. The fourth-order valence-corrected chi connectivity index (χ4v) is 3.54. The van der Waals surface area contributed by atoms with Gasteiger partial charge in [0.15, 0.2) is 0 Å².